The highest BCUT2D eigenvalue weighted by Gasteiger charge is 2.41. The first kappa shape index (κ1) is 30.7. The van der Waals surface area contributed by atoms with Crippen LogP contribution in [0.4, 0.5) is 0 Å². The van der Waals surface area contributed by atoms with E-state index in [-0.39, 0.29) is 35.8 Å². The lowest BCUT2D eigenvalue weighted by molar-refractivity contribution is -0.142. The fraction of sp³-hybridized carbons (Fsp3) is 0.429. The largest absolute Gasteiger partial charge is 0.388 e. The van der Waals surface area contributed by atoms with E-state index in [1.54, 1.807) is 16.8 Å². The van der Waals surface area contributed by atoms with Crippen LogP contribution in [0, 0.1) is 5.92 Å². The molecular formula is C35H42N6O4. The molecule has 0 saturated carbocycles. The van der Waals surface area contributed by atoms with Crippen LogP contribution in [0.5, 0.6) is 0 Å². The Balaban J connectivity index is 1.15. The quantitative estimate of drug-likeness (QED) is 0.345. The van der Waals surface area contributed by atoms with Crippen molar-refractivity contribution in [3.05, 3.63) is 100 Å². The molecule has 2 atom stereocenters. The molecule has 2 aromatic heterocycles. The number of rotatable bonds is 7. The second kappa shape index (κ2) is 12.6. The molecular weight excluding hydrogens is 568 g/mol. The smallest absolute Gasteiger partial charge is 0.262 e. The first-order valence-corrected chi connectivity index (χ1v) is 15.7. The minimum Gasteiger partial charge on any atom is -0.388 e. The first-order chi connectivity index (χ1) is 21.6. The summed E-state index contributed by atoms with van der Waals surface area (Å²) in [6.45, 7) is 2.67. The lowest BCUT2D eigenvalue weighted by Crippen LogP contribution is -2.53. The Kier molecular flexibility index (Phi) is 8.61. The average molecular weight is 611 g/mol. The van der Waals surface area contributed by atoms with Crippen molar-refractivity contribution >= 4 is 22.8 Å². The second-order valence-corrected chi connectivity index (χ2v) is 13.0. The van der Waals surface area contributed by atoms with Gasteiger partial charge in [0.2, 0.25) is 5.91 Å². The summed E-state index contributed by atoms with van der Waals surface area (Å²) in [6, 6.07) is 19.6. The van der Waals surface area contributed by atoms with Crippen molar-refractivity contribution < 1.29 is 14.7 Å². The molecule has 2 saturated heterocycles. The van der Waals surface area contributed by atoms with E-state index in [1.807, 2.05) is 85.5 Å². The van der Waals surface area contributed by atoms with Crippen LogP contribution in [0.2, 0.25) is 0 Å². The average Bonchev–Trinajstić information content (AvgIpc) is 3.43. The molecule has 10 heteroatoms. The van der Waals surface area contributed by atoms with Gasteiger partial charge in [-0.1, -0.05) is 42.5 Å². The van der Waals surface area contributed by atoms with E-state index in [1.165, 1.54) is 10.9 Å². The number of benzene rings is 2. The normalized spacial score (nSPS) is 20.1. The molecule has 2 unspecified atom stereocenters. The second-order valence-electron chi connectivity index (χ2n) is 13.0. The zero-order valence-corrected chi connectivity index (χ0v) is 26.3. The van der Waals surface area contributed by atoms with Crippen LogP contribution in [0.25, 0.3) is 11.0 Å². The van der Waals surface area contributed by atoms with Crippen molar-refractivity contribution in [2.24, 2.45) is 13.0 Å². The molecule has 10 nitrogen and oxygen atoms in total. The van der Waals surface area contributed by atoms with E-state index in [4.69, 9.17) is 0 Å². The van der Waals surface area contributed by atoms with Crippen molar-refractivity contribution in [1.82, 2.24) is 28.8 Å². The molecule has 2 amide bonds. The van der Waals surface area contributed by atoms with E-state index in [0.29, 0.717) is 62.0 Å². The van der Waals surface area contributed by atoms with Crippen LogP contribution in [0.15, 0.2) is 78.0 Å². The van der Waals surface area contributed by atoms with Gasteiger partial charge in [0, 0.05) is 63.4 Å². The molecule has 4 heterocycles. The maximum absolute atomic E-state index is 14.1. The highest BCUT2D eigenvalue weighted by atomic mass is 16.3. The number of likely N-dealkylation sites (tertiary alicyclic amines) is 2. The Labute approximate surface area is 263 Å². The Hall–Kier alpha value is -4.28. The van der Waals surface area contributed by atoms with E-state index < -0.39 is 5.60 Å². The van der Waals surface area contributed by atoms with Crippen molar-refractivity contribution in [3.8, 4) is 0 Å². The minimum atomic E-state index is -1.11. The van der Waals surface area contributed by atoms with Crippen molar-refractivity contribution in [3.63, 3.8) is 0 Å². The van der Waals surface area contributed by atoms with Crippen molar-refractivity contribution in [1.29, 1.82) is 0 Å². The van der Waals surface area contributed by atoms with Crippen LogP contribution in [-0.2, 0) is 24.9 Å². The van der Waals surface area contributed by atoms with Crippen LogP contribution in [0.3, 0.4) is 0 Å². The first-order valence-electron chi connectivity index (χ1n) is 15.7. The van der Waals surface area contributed by atoms with E-state index in [2.05, 4.69) is 9.88 Å². The zero-order valence-electron chi connectivity index (χ0n) is 26.3. The topological polar surface area (TPSA) is 104 Å². The number of carbonyl (C=O) groups excluding carboxylic acids is 2. The molecule has 236 valence electrons. The number of aromatic nitrogens is 3. The van der Waals surface area contributed by atoms with Crippen LogP contribution < -0.4 is 5.56 Å². The van der Waals surface area contributed by atoms with Gasteiger partial charge in [-0.2, -0.15) is 0 Å². The summed E-state index contributed by atoms with van der Waals surface area (Å²) in [5.74, 6) is -0.348. The Morgan fingerprint density at radius 3 is 2.49 bits per heavy atom. The van der Waals surface area contributed by atoms with Gasteiger partial charge in [0.05, 0.1) is 17.5 Å². The number of hydrogen-bond acceptors (Lipinski definition) is 6. The number of aryl methyl sites for hydroxylation is 1. The molecule has 2 aliphatic rings. The van der Waals surface area contributed by atoms with Gasteiger partial charge < -0.3 is 24.4 Å². The predicted octanol–water partition coefficient (Wildman–Crippen LogP) is 3.10. The van der Waals surface area contributed by atoms with E-state index in [0.717, 1.165) is 17.7 Å². The number of amides is 2. The summed E-state index contributed by atoms with van der Waals surface area (Å²) >= 11 is 0. The van der Waals surface area contributed by atoms with Crippen molar-refractivity contribution in [2.75, 3.05) is 40.3 Å². The van der Waals surface area contributed by atoms with Gasteiger partial charge in [-0.3, -0.25) is 19.0 Å². The predicted molar refractivity (Wildman–Crippen MR) is 173 cm³/mol. The fourth-order valence-corrected chi connectivity index (χ4v) is 6.97. The minimum absolute atomic E-state index is 0.0103. The maximum atomic E-state index is 14.1. The summed E-state index contributed by atoms with van der Waals surface area (Å²) in [4.78, 5) is 51.0. The molecule has 45 heavy (non-hydrogen) atoms. The van der Waals surface area contributed by atoms with Crippen LogP contribution in [0.1, 0.15) is 46.7 Å². The SMILES string of the molecule is CN(C)Cc1cccc(C(=O)N2CCC(C(=O)N3CCC(O)(Cn4cnc5c(ccn5C)c4=O)CC3)C(c3ccccc3)C2)c1. The number of piperidine rings is 2. The molecule has 4 aromatic rings. The highest BCUT2D eigenvalue weighted by Crippen LogP contribution is 2.36. The van der Waals surface area contributed by atoms with Crippen molar-refractivity contribution in [2.45, 2.75) is 43.9 Å². The maximum Gasteiger partial charge on any atom is 0.262 e. The third-order valence-electron chi connectivity index (χ3n) is 9.44. The van der Waals surface area contributed by atoms with E-state index in [9.17, 15) is 19.5 Å². The molecule has 0 bridgehead atoms. The Bertz CT molecular complexity index is 1740. The standard InChI is InChI=1S/C35H42N6O4/c1-37(2)21-25-8-7-11-27(20-25)32(42)40-17-13-28(30(22-40)26-9-5-4-6-10-26)33(43)39-18-14-35(45,15-19-39)23-41-24-36-31-29(34(41)44)12-16-38(31)3/h4-12,16,20,24,28,30,45H,13-15,17-19,21-23H2,1-3H3. The van der Waals surface area contributed by atoms with Crippen LogP contribution >= 0.6 is 0 Å². The fourth-order valence-electron chi connectivity index (χ4n) is 6.97. The number of fused-ring (bicyclic) bond motifs is 1. The summed E-state index contributed by atoms with van der Waals surface area (Å²) in [5, 5.41) is 12.0. The Morgan fingerprint density at radius 2 is 1.76 bits per heavy atom. The van der Waals surface area contributed by atoms with Gasteiger partial charge in [-0.05, 0) is 62.7 Å². The number of carbonyl (C=O) groups is 2. The van der Waals surface area contributed by atoms with Gasteiger partial charge >= 0.3 is 0 Å². The van der Waals surface area contributed by atoms with Crippen LogP contribution in [-0.4, -0.2) is 91.6 Å². The van der Waals surface area contributed by atoms with Gasteiger partial charge in [-0.25, -0.2) is 4.98 Å². The summed E-state index contributed by atoms with van der Waals surface area (Å²) in [7, 11) is 5.86. The molecule has 2 fully saturated rings. The molecule has 0 spiro atoms. The highest BCUT2D eigenvalue weighted by molar-refractivity contribution is 5.94. The van der Waals surface area contributed by atoms with Gasteiger partial charge in [0.25, 0.3) is 11.5 Å². The molecule has 0 aliphatic carbocycles. The van der Waals surface area contributed by atoms with Gasteiger partial charge in [0.1, 0.15) is 12.0 Å². The summed E-state index contributed by atoms with van der Waals surface area (Å²) in [6.07, 6.45) is 4.61. The number of nitrogens with zero attached hydrogens (tertiary/aromatic N) is 6. The number of aliphatic hydroxyl groups is 1. The van der Waals surface area contributed by atoms with Gasteiger partial charge in [0.15, 0.2) is 0 Å². The Morgan fingerprint density at radius 1 is 1.00 bits per heavy atom. The third kappa shape index (κ3) is 6.43. The molecule has 2 aliphatic heterocycles. The number of hydrogen-bond donors (Lipinski definition) is 1. The molecule has 1 N–H and O–H groups in total. The molecule has 6 rings (SSSR count). The lowest BCUT2D eigenvalue weighted by atomic mass is 9.79. The monoisotopic (exact) mass is 610 g/mol. The lowest BCUT2D eigenvalue weighted by Gasteiger charge is -2.43. The molecule has 2 aromatic carbocycles. The third-order valence-corrected chi connectivity index (χ3v) is 9.44. The van der Waals surface area contributed by atoms with Gasteiger partial charge in [-0.15, -0.1) is 0 Å². The zero-order chi connectivity index (χ0) is 31.7. The summed E-state index contributed by atoms with van der Waals surface area (Å²) < 4.78 is 3.28. The summed E-state index contributed by atoms with van der Waals surface area (Å²) in [5.41, 5.74) is 2.13. The molecule has 0 radical (unpaired) electrons. The van der Waals surface area contributed by atoms with E-state index >= 15 is 0 Å².